The highest BCUT2D eigenvalue weighted by molar-refractivity contribution is 5.90. The van der Waals surface area contributed by atoms with Gasteiger partial charge in [0.25, 0.3) is 0 Å². The second-order valence-corrected chi connectivity index (χ2v) is 4.62. The third kappa shape index (κ3) is 4.73. The van der Waals surface area contributed by atoms with Gasteiger partial charge in [0.05, 0.1) is 18.8 Å². The Bertz CT molecular complexity index is 518. The molecule has 7 nitrogen and oxygen atoms in total. The van der Waals surface area contributed by atoms with Crippen LogP contribution in [0.4, 0.5) is 5.69 Å². The van der Waals surface area contributed by atoms with E-state index in [0.29, 0.717) is 5.56 Å². The smallest absolute Gasteiger partial charge is 0.337 e. The van der Waals surface area contributed by atoms with E-state index in [1.165, 1.54) is 32.2 Å². The molecule has 0 aliphatic rings. The van der Waals surface area contributed by atoms with Gasteiger partial charge in [-0.05, 0) is 18.6 Å². The summed E-state index contributed by atoms with van der Waals surface area (Å²) in [5.74, 6) is -0.743. The van der Waals surface area contributed by atoms with Crippen LogP contribution in [0.3, 0.4) is 0 Å². The summed E-state index contributed by atoms with van der Waals surface area (Å²) in [6, 6.07) is 4.31. The van der Waals surface area contributed by atoms with Crippen LogP contribution in [0.25, 0.3) is 0 Å². The highest BCUT2D eigenvalue weighted by Gasteiger charge is 2.21. The molecule has 0 aromatic heterocycles. The Kier molecular flexibility index (Phi) is 6.13. The van der Waals surface area contributed by atoms with Gasteiger partial charge in [-0.25, -0.2) is 4.79 Å². The first-order chi connectivity index (χ1) is 9.86. The van der Waals surface area contributed by atoms with E-state index >= 15 is 0 Å². The molecule has 0 saturated carbocycles. The molecule has 1 amide bonds. The fourth-order valence-electron chi connectivity index (χ4n) is 1.85. The number of carbonyl (C=O) groups is 2. The number of esters is 1. The van der Waals surface area contributed by atoms with Crippen molar-refractivity contribution in [3.05, 3.63) is 29.3 Å². The summed E-state index contributed by atoms with van der Waals surface area (Å²) in [6.07, 6.45) is -2.10. The normalized spacial score (nSPS) is 13.3. The Morgan fingerprint density at radius 1 is 1.38 bits per heavy atom. The zero-order chi connectivity index (χ0) is 16.0. The molecule has 0 spiro atoms. The minimum Gasteiger partial charge on any atom is -0.465 e. The molecule has 5 N–H and O–H groups in total. The second kappa shape index (κ2) is 7.61. The van der Waals surface area contributed by atoms with Crippen LogP contribution >= 0.6 is 0 Å². The monoisotopic (exact) mass is 296 g/mol. The summed E-state index contributed by atoms with van der Waals surface area (Å²) in [6.45, 7) is 1.61. The lowest BCUT2D eigenvalue weighted by atomic mass is 9.99. The molecular formula is C14H20N2O5. The first-order valence-corrected chi connectivity index (χ1v) is 6.45. The van der Waals surface area contributed by atoms with Gasteiger partial charge in [0.2, 0.25) is 5.91 Å². The van der Waals surface area contributed by atoms with E-state index in [4.69, 9.17) is 5.73 Å². The predicted octanol–water partition coefficient (Wildman–Crippen LogP) is -0.0241. The lowest BCUT2D eigenvalue weighted by Crippen LogP contribution is -2.28. The Morgan fingerprint density at radius 2 is 2.05 bits per heavy atom. The first-order valence-electron chi connectivity index (χ1n) is 6.45. The van der Waals surface area contributed by atoms with Crippen LogP contribution in [0.15, 0.2) is 18.2 Å². The van der Waals surface area contributed by atoms with Crippen LogP contribution in [0.1, 0.15) is 35.4 Å². The minimum absolute atomic E-state index is 0.180. The lowest BCUT2D eigenvalue weighted by molar-refractivity contribution is -0.119. The fraction of sp³-hybridized carbons (Fsp3) is 0.429. The molecule has 0 radical (unpaired) electrons. The Labute approximate surface area is 122 Å². The number of carbonyl (C=O) groups excluding carboxylic acids is 2. The van der Waals surface area contributed by atoms with Gasteiger partial charge >= 0.3 is 5.97 Å². The molecule has 0 saturated heterocycles. The van der Waals surface area contributed by atoms with Crippen molar-refractivity contribution in [1.29, 1.82) is 0 Å². The summed E-state index contributed by atoms with van der Waals surface area (Å²) in [5, 5.41) is 22.5. The number of amides is 1. The number of nitrogen functional groups attached to an aromatic ring is 1. The van der Waals surface area contributed by atoms with Crippen molar-refractivity contribution >= 4 is 17.6 Å². The number of benzene rings is 1. The number of ether oxygens (including phenoxy) is 1. The van der Waals surface area contributed by atoms with Crippen LogP contribution in [-0.4, -0.2) is 41.8 Å². The molecule has 0 heterocycles. The topological polar surface area (TPSA) is 122 Å². The van der Waals surface area contributed by atoms with Gasteiger partial charge in [-0.1, -0.05) is 6.07 Å². The molecule has 0 bridgehead atoms. The molecule has 0 aliphatic carbocycles. The standard InChI is InChI=1S/C14H20N2O5/c1-8(17)16-6-5-12(18)13(19)10-4-3-9(7-11(10)15)14(20)21-2/h3-4,7,12-13,18-19H,5-6,15H2,1-2H3,(H,16,17). The number of nitrogens with one attached hydrogen (secondary N) is 1. The van der Waals surface area contributed by atoms with Crippen LogP contribution in [-0.2, 0) is 9.53 Å². The third-order valence-corrected chi connectivity index (χ3v) is 3.01. The number of aliphatic hydroxyl groups is 2. The van der Waals surface area contributed by atoms with Crippen molar-refractivity contribution in [2.75, 3.05) is 19.4 Å². The maximum Gasteiger partial charge on any atom is 0.337 e. The molecule has 7 heteroatoms. The molecule has 1 aromatic rings. The van der Waals surface area contributed by atoms with Crippen molar-refractivity contribution in [2.45, 2.75) is 25.6 Å². The predicted molar refractivity (Wildman–Crippen MR) is 76.5 cm³/mol. The van der Waals surface area contributed by atoms with Gasteiger partial charge in [0.1, 0.15) is 6.10 Å². The number of rotatable bonds is 6. The zero-order valence-electron chi connectivity index (χ0n) is 12.0. The molecule has 2 atom stereocenters. The number of aliphatic hydroxyl groups excluding tert-OH is 2. The van der Waals surface area contributed by atoms with Gasteiger partial charge in [0.15, 0.2) is 0 Å². The highest BCUT2D eigenvalue weighted by Crippen LogP contribution is 2.25. The van der Waals surface area contributed by atoms with Crippen LogP contribution in [0, 0.1) is 0 Å². The summed E-state index contributed by atoms with van der Waals surface area (Å²) in [7, 11) is 1.26. The largest absolute Gasteiger partial charge is 0.465 e. The van der Waals surface area contributed by atoms with Gasteiger partial charge < -0.3 is 26.0 Å². The fourth-order valence-corrected chi connectivity index (χ4v) is 1.85. The SMILES string of the molecule is COC(=O)c1ccc(C(O)C(O)CCNC(C)=O)c(N)c1. The van der Waals surface area contributed by atoms with Crippen LogP contribution in [0.2, 0.25) is 0 Å². The Morgan fingerprint density at radius 3 is 2.57 bits per heavy atom. The number of hydrogen-bond donors (Lipinski definition) is 4. The third-order valence-electron chi connectivity index (χ3n) is 3.01. The minimum atomic E-state index is -1.20. The maximum atomic E-state index is 11.4. The van der Waals surface area contributed by atoms with Crippen molar-refractivity contribution < 1.29 is 24.5 Å². The molecule has 1 rings (SSSR count). The average molecular weight is 296 g/mol. The van der Waals surface area contributed by atoms with Gasteiger partial charge in [-0.2, -0.15) is 0 Å². The van der Waals surface area contributed by atoms with E-state index < -0.39 is 18.2 Å². The van der Waals surface area contributed by atoms with E-state index in [1.54, 1.807) is 0 Å². The quantitative estimate of drug-likeness (QED) is 0.432. The van der Waals surface area contributed by atoms with E-state index in [2.05, 4.69) is 10.1 Å². The Balaban J connectivity index is 2.75. The molecular weight excluding hydrogens is 276 g/mol. The number of nitrogens with two attached hydrogens (primary N) is 1. The van der Waals surface area contributed by atoms with Crippen molar-refractivity contribution in [2.24, 2.45) is 0 Å². The van der Waals surface area contributed by atoms with Crippen LogP contribution < -0.4 is 11.1 Å². The van der Waals surface area contributed by atoms with Crippen molar-refractivity contribution in [3.63, 3.8) is 0 Å². The molecule has 116 valence electrons. The van der Waals surface area contributed by atoms with Crippen molar-refractivity contribution in [1.82, 2.24) is 5.32 Å². The van der Waals surface area contributed by atoms with Crippen LogP contribution in [0.5, 0.6) is 0 Å². The maximum absolute atomic E-state index is 11.4. The summed E-state index contributed by atoms with van der Waals surface area (Å²) < 4.78 is 4.57. The number of methoxy groups -OCH3 is 1. The van der Waals surface area contributed by atoms with E-state index in [1.807, 2.05) is 0 Å². The highest BCUT2D eigenvalue weighted by atomic mass is 16.5. The van der Waals surface area contributed by atoms with E-state index in [9.17, 15) is 19.8 Å². The van der Waals surface area contributed by atoms with E-state index in [0.717, 1.165) is 0 Å². The average Bonchev–Trinajstić information content (AvgIpc) is 2.45. The Hall–Kier alpha value is -2.12. The van der Waals surface area contributed by atoms with Gasteiger partial charge in [0, 0.05) is 24.7 Å². The molecule has 21 heavy (non-hydrogen) atoms. The van der Waals surface area contributed by atoms with Gasteiger partial charge in [-0.15, -0.1) is 0 Å². The molecule has 0 fully saturated rings. The lowest BCUT2D eigenvalue weighted by Gasteiger charge is -2.20. The zero-order valence-corrected chi connectivity index (χ0v) is 12.0. The number of anilines is 1. The summed E-state index contributed by atoms with van der Waals surface area (Å²) >= 11 is 0. The van der Waals surface area contributed by atoms with Crippen molar-refractivity contribution in [3.8, 4) is 0 Å². The molecule has 0 aliphatic heterocycles. The first kappa shape index (κ1) is 16.9. The second-order valence-electron chi connectivity index (χ2n) is 4.62. The summed E-state index contributed by atoms with van der Waals surface area (Å²) in [5.41, 5.74) is 6.55. The molecule has 1 aromatic carbocycles. The number of hydrogen-bond acceptors (Lipinski definition) is 6. The van der Waals surface area contributed by atoms with E-state index in [-0.39, 0.29) is 30.1 Å². The molecule has 2 unspecified atom stereocenters. The summed E-state index contributed by atoms with van der Waals surface area (Å²) in [4.78, 5) is 22.1. The van der Waals surface area contributed by atoms with Gasteiger partial charge in [-0.3, -0.25) is 4.79 Å².